The Bertz CT molecular complexity index is 1330. The van der Waals surface area contributed by atoms with Gasteiger partial charge in [-0.15, -0.1) is 0 Å². The van der Waals surface area contributed by atoms with Crippen LogP contribution in [0.4, 0.5) is 0 Å². The lowest BCUT2D eigenvalue weighted by Crippen LogP contribution is -2.03. The summed E-state index contributed by atoms with van der Waals surface area (Å²) < 4.78 is 12.8. The lowest BCUT2D eigenvalue weighted by molar-refractivity contribution is 0.0488. The van der Waals surface area contributed by atoms with E-state index in [1.54, 1.807) is 19.1 Å². The molecule has 28 heavy (non-hydrogen) atoms. The van der Waals surface area contributed by atoms with Gasteiger partial charge in [-0.3, -0.25) is 0 Å². The standard InChI is InChI=1S/C22H17N3O3/c1-2-27-22(26)19-12-11-14(28-19)13-25-18-10-6-3-7-15(18)20-21(25)24-17-9-5-4-8-16(17)23-20/h3-12H,2,13H2,1H3. The van der Waals surface area contributed by atoms with Crippen LogP contribution in [0.2, 0.25) is 0 Å². The summed E-state index contributed by atoms with van der Waals surface area (Å²) in [6.45, 7) is 2.52. The first-order valence-corrected chi connectivity index (χ1v) is 9.14. The molecule has 3 aromatic heterocycles. The topological polar surface area (TPSA) is 70.2 Å². The molecule has 0 radical (unpaired) electrons. The number of furan rings is 1. The Morgan fingerprint density at radius 2 is 1.75 bits per heavy atom. The Morgan fingerprint density at radius 1 is 1.00 bits per heavy atom. The van der Waals surface area contributed by atoms with Crippen molar-refractivity contribution < 1.29 is 13.9 Å². The van der Waals surface area contributed by atoms with Gasteiger partial charge in [-0.05, 0) is 37.3 Å². The summed E-state index contributed by atoms with van der Waals surface area (Å²) in [5, 5.41) is 1.04. The van der Waals surface area contributed by atoms with Crippen LogP contribution < -0.4 is 0 Å². The van der Waals surface area contributed by atoms with E-state index in [-0.39, 0.29) is 5.76 Å². The lowest BCUT2D eigenvalue weighted by atomic mass is 10.2. The summed E-state index contributed by atoms with van der Waals surface area (Å²) in [5.74, 6) is 0.400. The van der Waals surface area contributed by atoms with Gasteiger partial charge in [0.1, 0.15) is 11.3 Å². The minimum atomic E-state index is -0.457. The average Bonchev–Trinajstić information content (AvgIpc) is 3.31. The van der Waals surface area contributed by atoms with Crippen LogP contribution in [0, 0.1) is 0 Å². The largest absolute Gasteiger partial charge is 0.460 e. The van der Waals surface area contributed by atoms with Crippen molar-refractivity contribution in [2.75, 3.05) is 6.61 Å². The fourth-order valence-corrected chi connectivity index (χ4v) is 3.47. The summed E-state index contributed by atoms with van der Waals surface area (Å²) >= 11 is 0. The van der Waals surface area contributed by atoms with Crippen LogP contribution >= 0.6 is 0 Å². The first kappa shape index (κ1) is 16.5. The van der Waals surface area contributed by atoms with Crippen molar-refractivity contribution in [3.05, 3.63) is 72.2 Å². The molecule has 0 bridgehead atoms. The van der Waals surface area contributed by atoms with E-state index in [4.69, 9.17) is 19.1 Å². The van der Waals surface area contributed by atoms with Crippen LogP contribution in [0.15, 0.2) is 65.1 Å². The monoisotopic (exact) mass is 371 g/mol. The molecule has 0 unspecified atom stereocenters. The second kappa shape index (κ2) is 6.49. The van der Waals surface area contributed by atoms with Gasteiger partial charge < -0.3 is 13.7 Å². The van der Waals surface area contributed by atoms with Crippen molar-refractivity contribution in [2.45, 2.75) is 13.5 Å². The van der Waals surface area contributed by atoms with Crippen LogP contribution in [0.5, 0.6) is 0 Å². The van der Waals surface area contributed by atoms with Gasteiger partial charge >= 0.3 is 5.97 Å². The zero-order valence-corrected chi connectivity index (χ0v) is 15.3. The number of carbonyl (C=O) groups excluding carboxylic acids is 1. The van der Waals surface area contributed by atoms with Crippen LogP contribution in [-0.2, 0) is 11.3 Å². The molecule has 0 saturated carbocycles. The first-order valence-electron chi connectivity index (χ1n) is 9.14. The summed E-state index contributed by atoms with van der Waals surface area (Å²) in [6.07, 6.45) is 0. The number of nitrogens with zero attached hydrogens (tertiary/aromatic N) is 3. The van der Waals surface area contributed by atoms with Gasteiger partial charge in [0.15, 0.2) is 5.65 Å². The number of ether oxygens (including phenoxy) is 1. The number of para-hydroxylation sites is 3. The van der Waals surface area contributed by atoms with Crippen LogP contribution in [-0.4, -0.2) is 27.1 Å². The Hall–Kier alpha value is -3.67. The lowest BCUT2D eigenvalue weighted by Gasteiger charge is -2.05. The van der Waals surface area contributed by atoms with E-state index in [2.05, 4.69) is 4.57 Å². The second-order valence-electron chi connectivity index (χ2n) is 6.47. The molecule has 5 rings (SSSR count). The molecule has 0 aliphatic heterocycles. The van der Waals surface area contributed by atoms with Crippen molar-refractivity contribution >= 4 is 39.1 Å². The molecular formula is C22H17N3O3. The van der Waals surface area contributed by atoms with Crippen molar-refractivity contribution in [3.8, 4) is 0 Å². The van der Waals surface area contributed by atoms with Gasteiger partial charge in [-0.2, -0.15) is 0 Å². The van der Waals surface area contributed by atoms with Crippen LogP contribution in [0.1, 0.15) is 23.2 Å². The third kappa shape index (κ3) is 2.62. The highest BCUT2D eigenvalue weighted by atomic mass is 16.5. The number of benzene rings is 2. The number of aromatic nitrogens is 3. The summed E-state index contributed by atoms with van der Waals surface area (Å²) in [7, 11) is 0. The summed E-state index contributed by atoms with van der Waals surface area (Å²) in [5.41, 5.74) is 4.36. The number of hydrogen-bond acceptors (Lipinski definition) is 5. The maximum Gasteiger partial charge on any atom is 0.374 e. The molecule has 0 amide bonds. The summed E-state index contributed by atoms with van der Waals surface area (Å²) in [4.78, 5) is 21.6. The Kier molecular flexibility index (Phi) is 3.83. The molecule has 3 heterocycles. The highest BCUT2D eigenvalue weighted by molar-refractivity contribution is 6.06. The third-order valence-electron chi connectivity index (χ3n) is 4.71. The fourth-order valence-electron chi connectivity index (χ4n) is 3.47. The molecule has 2 aromatic carbocycles. The predicted octanol–water partition coefficient (Wildman–Crippen LogP) is 4.56. The Balaban J connectivity index is 1.67. The Morgan fingerprint density at radius 3 is 2.57 bits per heavy atom. The van der Waals surface area contributed by atoms with Crippen molar-refractivity contribution in [1.82, 2.24) is 14.5 Å². The number of hydrogen-bond donors (Lipinski definition) is 0. The molecule has 0 fully saturated rings. The van der Waals surface area contributed by atoms with Gasteiger partial charge in [0.05, 0.1) is 29.7 Å². The molecule has 0 saturated heterocycles. The van der Waals surface area contributed by atoms with Gasteiger partial charge in [0.2, 0.25) is 5.76 Å². The zero-order valence-electron chi connectivity index (χ0n) is 15.3. The fraction of sp³-hybridized carbons (Fsp3) is 0.136. The summed E-state index contributed by atoms with van der Waals surface area (Å²) in [6, 6.07) is 19.3. The zero-order chi connectivity index (χ0) is 19.1. The van der Waals surface area contributed by atoms with Gasteiger partial charge in [-0.1, -0.05) is 30.3 Å². The molecule has 0 N–H and O–H groups in total. The van der Waals surface area contributed by atoms with E-state index in [1.165, 1.54) is 0 Å². The van der Waals surface area contributed by atoms with E-state index in [0.717, 1.165) is 33.1 Å². The molecule has 6 heteroatoms. The average molecular weight is 371 g/mol. The number of rotatable bonds is 4. The highest BCUT2D eigenvalue weighted by Crippen LogP contribution is 2.29. The smallest absolute Gasteiger partial charge is 0.374 e. The first-order chi connectivity index (χ1) is 13.7. The molecule has 0 spiro atoms. The maximum atomic E-state index is 11.9. The van der Waals surface area contributed by atoms with E-state index >= 15 is 0 Å². The predicted molar refractivity (Wildman–Crippen MR) is 106 cm³/mol. The van der Waals surface area contributed by atoms with Crippen LogP contribution in [0.25, 0.3) is 33.1 Å². The van der Waals surface area contributed by atoms with Gasteiger partial charge in [0.25, 0.3) is 0 Å². The SMILES string of the molecule is CCOC(=O)c1ccc(Cn2c3ccccc3c3nc4ccccc4nc32)o1. The van der Waals surface area contributed by atoms with Crippen LogP contribution in [0.3, 0.4) is 0 Å². The number of fused-ring (bicyclic) bond motifs is 4. The van der Waals surface area contributed by atoms with Crippen molar-refractivity contribution in [1.29, 1.82) is 0 Å². The highest BCUT2D eigenvalue weighted by Gasteiger charge is 2.17. The number of carbonyl (C=O) groups is 1. The molecule has 5 aromatic rings. The van der Waals surface area contributed by atoms with Crippen molar-refractivity contribution in [3.63, 3.8) is 0 Å². The molecule has 6 nitrogen and oxygen atoms in total. The quantitative estimate of drug-likeness (QED) is 0.433. The normalized spacial score (nSPS) is 11.5. The van der Waals surface area contributed by atoms with E-state index in [0.29, 0.717) is 18.9 Å². The molecule has 0 atom stereocenters. The molecule has 0 aliphatic carbocycles. The van der Waals surface area contributed by atoms with Gasteiger partial charge in [-0.25, -0.2) is 14.8 Å². The molecule has 138 valence electrons. The van der Waals surface area contributed by atoms with E-state index in [9.17, 15) is 4.79 Å². The maximum absolute atomic E-state index is 11.9. The number of esters is 1. The third-order valence-corrected chi connectivity index (χ3v) is 4.71. The van der Waals surface area contributed by atoms with E-state index in [1.807, 2.05) is 48.5 Å². The Labute approximate surface area is 160 Å². The second-order valence-corrected chi connectivity index (χ2v) is 6.47. The van der Waals surface area contributed by atoms with Gasteiger partial charge in [0, 0.05) is 5.39 Å². The molecular weight excluding hydrogens is 354 g/mol. The van der Waals surface area contributed by atoms with Crippen molar-refractivity contribution in [2.24, 2.45) is 0 Å². The minimum absolute atomic E-state index is 0.203. The van der Waals surface area contributed by atoms with E-state index < -0.39 is 5.97 Å². The minimum Gasteiger partial charge on any atom is -0.460 e. The molecule has 0 aliphatic rings.